The molecule has 7 heteroatoms. The molecule has 25 heavy (non-hydrogen) atoms. The van der Waals surface area contributed by atoms with Gasteiger partial charge in [0.1, 0.15) is 23.0 Å². The summed E-state index contributed by atoms with van der Waals surface area (Å²) in [6.07, 6.45) is 3.43. The average Bonchev–Trinajstić information content (AvgIpc) is 2.62. The number of nitrogens with zero attached hydrogens (tertiary/aromatic N) is 1. The van der Waals surface area contributed by atoms with Crippen LogP contribution in [0.15, 0.2) is 50.8 Å². The molecule has 0 unspecified atom stereocenters. The number of rotatable bonds is 4. The number of fused-ring (bicyclic) bond motifs is 1. The third kappa shape index (κ3) is 3.36. The number of benzene rings is 1. The van der Waals surface area contributed by atoms with Crippen LogP contribution in [0.2, 0.25) is 0 Å². The van der Waals surface area contributed by atoms with Crippen molar-refractivity contribution < 1.29 is 19.1 Å². The predicted octanol–water partition coefficient (Wildman–Crippen LogP) is 3.28. The molecule has 0 atom stereocenters. The smallest absolute Gasteiger partial charge is 0.341 e. The van der Waals surface area contributed by atoms with Crippen molar-refractivity contribution >= 4 is 28.7 Å². The number of esters is 1. The van der Waals surface area contributed by atoms with Crippen LogP contribution >= 0.6 is 11.8 Å². The zero-order valence-electron chi connectivity index (χ0n) is 13.6. The molecule has 0 saturated heterocycles. The van der Waals surface area contributed by atoms with Crippen LogP contribution in [0.4, 0.5) is 0 Å². The third-order valence-corrected chi connectivity index (χ3v) is 4.47. The first kappa shape index (κ1) is 17.0. The van der Waals surface area contributed by atoms with Gasteiger partial charge in [0.05, 0.1) is 5.56 Å². The summed E-state index contributed by atoms with van der Waals surface area (Å²) < 4.78 is 10.5. The van der Waals surface area contributed by atoms with Gasteiger partial charge in [-0.1, -0.05) is 0 Å². The Morgan fingerprint density at radius 2 is 2.16 bits per heavy atom. The maximum Gasteiger partial charge on any atom is 0.341 e. The minimum absolute atomic E-state index is 0.0322. The number of phenols is 1. The average molecular weight is 357 g/mol. The molecule has 3 aromatic rings. The van der Waals surface area contributed by atoms with Crippen molar-refractivity contribution in [3.05, 3.63) is 63.6 Å². The fourth-order valence-corrected chi connectivity index (χ4v) is 3.00. The largest absolute Gasteiger partial charge is 0.508 e. The lowest BCUT2D eigenvalue weighted by Gasteiger charge is -2.10. The number of aromatic hydroxyl groups is 1. The molecular weight excluding hydrogens is 342 g/mol. The molecule has 0 bridgehead atoms. The van der Waals surface area contributed by atoms with Crippen LogP contribution in [0.1, 0.15) is 21.5 Å². The molecule has 128 valence electrons. The molecule has 0 aliphatic rings. The van der Waals surface area contributed by atoms with E-state index in [0.717, 1.165) is 0 Å². The Morgan fingerprint density at radius 3 is 2.92 bits per heavy atom. The number of aryl methyl sites for hydroxylation is 1. The number of ether oxygens (including phenoxy) is 1. The van der Waals surface area contributed by atoms with Gasteiger partial charge in [-0.2, -0.15) is 0 Å². The summed E-state index contributed by atoms with van der Waals surface area (Å²) in [5.41, 5.74) is 1.05. The van der Waals surface area contributed by atoms with Crippen molar-refractivity contribution in [2.24, 2.45) is 0 Å². The van der Waals surface area contributed by atoms with E-state index in [1.807, 2.05) is 6.26 Å². The van der Waals surface area contributed by atoms with Crippen molar-refractivity contribution in [3.8, 4) is 5.75 Å². The molecule has 0 saturated carbocycles. The highest BCUT2D eigenvalue weighted by molar-refractivity contribution is 7.98. The van der Waals surface area contributed by atoms with Crippen LogP contribution < -0.4 is 5.63 Å². The van der Waals surface area contributed by atoms with Crippen LogP contribution in [-0.4, -0.2) is 22.3 Å². The van der Waals surface area contributed by atoms with E-state index < -0.39 is 11.6 Å². The van der Waals surface area contributed by atoms with Crippen molar-refractivity contribution in [2.45, 2.75) is 18.6 Å². The van der Waals surface area contributed by atoms with Gasteiger partial charge in [0.15, 0.2) is 0 Å². The number of pyridine rings is 1. The molecule has 1 N–H and O–H groups in total. The Balaban J connectivity index is 1.92. The molecule has 2 heterocycles. The van der Waals surface area contributed by atoms with E-state index in [0.29, 0.717) is 27.1 Å². The highest BCUT2D eigenvalue weighted by atomic mass is 32.2. The summed E-state index contributed by atoms with van der Waals surface area (Å²) in [4.78, 5) is 28.2. The van der Waals surface area contributed by atoms with E-state index >= 15 is 0 Å². The van der Waals surface area contributed by atoms with Crippen molar-refractivity contribution in [1.29, 1.82) is 0 Å². The second kappa shape index (κ2) is 6.98. The zero-order valence-corrected chi connectivity index (χ0v) is 14.4. The Hall–Kier alpha value is -2.80. The highest BCUT2D eigenvalue weighted by Crippen LogP contribution is 2.28. The number of carbonyl (C=O) groups excluding carboxylic acids is 1. The minimum Gasteiger partial charge on any atom is -0.508 e. The molecule has 0 fully saturated rings. The van der Waals surface area contributed by atoms with Crippen LogP contribution in [-0.2, 0) is 11.3 Å². The van der Waals surface area contributed by atoms with Gasteiger partial charge in [-0.25, -0.2) is 14.6 Å². The predicted molar refractivity (Wildman–Crippen MR) is 94.0 cm³/mol. The molecule has 3 rings (SSSR count). The van der Waals surface area contributed by atoms with Crippen LogP contribution in [0.5, 0.6) is 5.75 Å². The van der Waals surface area contributed by atoms with Gasteiger partial charge in [-0.05, 0) is 37.4 Å². The summed E-state index contributed by atoms with van der Waals surface area (Å²) in [7, 11) is 0. The zero-order chi connectivity index (χ0) is 18.0. The standard InChI is InChI=1S/C18H15NO5S/c1-10-14(20)6-5-12-11(8-15(21)24-16(10)12)9-23-18(22)13-4-3-7-19-17(13)25-2/h3-8,20H,9H2,1-2H3. The molecule has 6 nitrogen and oxygen atoms in total. The first-order valence-electron chi connectivity index (χ1n) is 7.42. The fraction of sp³-hybridized carbons (Fsp3) is 0.167. The summed E-state index contributed by atoms with van der Waals surface area (Å²) in [6, 6.07) is 7.72. The Kier molecular flexibility index (Phi) is 4.76. The number of aromatic nitrogens is 1. The number of phenolic OH excluding ortho intramolecular Hbond substituents is 1. The van der Waals surface area contributed by atoms with Gasteiger partial charge in [0.25, 0.3) is 0 Å². The van der Waals surface area contributed by atoms with Crippen LogP contribution in [0.25, 0.3) is 11.0 Å². The van der Waals surface area contributed by atoms with Gasteiger partial charge in [-0.3, -0.25) is 0 Å². The molecular formula is C18H15NO5S. The molecule has 0 spiro atoms. The number of hydrogen-bond donors (Lipinski definition) is 1. The van der Waals surface area contributed by atoms with Crippen LogP contribution in [0, 0.1) is 6.92 Å². The van der Waals surface area contributed by atoms with E-state index in [-0.39, 0.29) is 17.9 Å². The molecule has 1 aromatic carbocycles. The number of carbonyl (C=O) groups is 1. The van der Waals surface area contributed by atoms with E-state index in [1.54, 1.807) is 31.3 Å². The first-order valence-corrected chi connectivity index (χ1v) is 8.65. The lowest BCUT2D eigenvalue weighted by atomic mass is 10.1. The van der Waals surface area contributed by atoms with Gasteiger partial charge in [-0.15, -0.1) is 11.8 Å². The normalized spacial score (nSPS) is 10.8. The quantitative estimate of drug-likeness (QED) is 0.435. The van der Waals surface area contributed by atoms with Crippen molar-refractivity contribution in [2.75, 3.05) is 6.26 Å². The summed E-state index contributed by atoms with van der Waals surface area (Å²) >= 11 is 1.35. The maximum absolute atomic E-state index is 12.3. The second-order valence-electron chi connectivity index (χ2n) is 5.31. The lowest BCUT2D eigenvalue weighted by molar-refractivity contribution is 0.0468. The number of thioether (sulfide) groups is 1. The van der Waals surface area contributed by atoms with Gasteiger partial charge < -0.3 is 14.3 Å². The van der Waals surface area contributed by atoms with Gasteiger partial charge in [0, 0.05) is 28.8 Å². The summed E-state index contributed by atoms with van der Waals surface area (Å²) in [5.74, 6) is -0.487. The number of hydrogen-bond acceptors (Lipinski definition) is 7. The van der Waals surface area contributed by atoms with E-state index in [2.05, 4.69) is 4.98 Å². The Labute approximate surface area is 147 Å². The van der Waals surface area contributed by atoms with Gasteiger partial charge in [0.2, 0.25) is 0 Å². The van der Waals surface area contributed by atoms with Crippen LogP contribution in [0.3, 0.4) is 0 Å². The first-order chi connectivity index (χ1) is 12.0. The fourth-order valence-electron chi connectivity index (χ4n) is 2.47. The van der Waals surface area contributed by atoms with E-state index in [9.17, 15) is 14.7 Å². The molecule has 2 aromatic heterocycles. The lowest BCUT2D eigenvalue weighted by Crippen LogP contribution is -2.09. The monoisotopic (exact) mass is 357 g/mol. The third-order valence-electron chi connectivity index (χ3n) is 3.76. The molecule has 0 radical (unpaired) electrons. The maximum atomic E-state index is 12.3. The highest BCUT2D eigenvalue weighted by Gasteiger charge is 2.16. The summed E-state index contributed by atoms with van der Waals surface area (Å²) in [5, 5.41) is 11.0. The Bertz CT molecular complexity index is 1010. The Morgan fingerprint density at radius 1 is 1.36 bits per heavy atom. The topological polar surface area (TPSA) is 89.6 Å². The molecule has 0 aliphatic heterocycles. The molecule has 0 aliphatic carbocycles. The van der Waals surface area contributed by atoms with E-state index in [4.69, 9.17) is 9.15 Å². The molecule has 0 amide bonds. The summed E-state index contributed by atoms with van der Waals surface area (Å²) in [6.45, 7) is 1.56. The van der Waals surface area contributed by atoms with Crippen molar-refractivity contribution in [3.63, 3.8) is 0 Å². The van der Waals surface area contributed by atoms with E-state index in [1.165, 1.54) is 23.9 Å². The second-order valence-corrected chi connectivity index (χ2v) is 6.11. The van der Waals surface area contributed by atoms with Gasteiger partial charge >= 0.3 is 11.6 Å². The van der Waals surface area contributed by atoms with Crippen molar-refractivity contribution in [1.82, 2.24) is 4.98 Å². The minimum atomic E-state index is -0.571. The SMILES string of the molecule is CSc1ncccc1C(=O)OCc1cc(=O)oc2c(C)c(O)ccc12.